The van der Waals surface area contributed by atoms with Crippen LogP contribution in [0, 0.1) is 11.8 Å². The van der Waals surface area contributed by atoms with Gasteiger partial charge in [-0.05, 0) is 31.2 Å². The molecule has 2 amide bonds. The Hall–Kier alpha value is -2.17. The van der Waals surface area contributed by atoms with Crippen LogP contribution in [0.4, 0.5) is 0 Å². The van der Waals surface area contributed by atoms with Gasteiger partial charge in [-0.3, -0.25) is 9.59 Å². The van der Waals surface area contributed by atoms with Crippen LogP contribution in [0.3, 0.4) is 0 Å². The Labute approximate surface area is 149 Å². The molecule has 1 aromatic rings. The number of amides is 2. The number of benzene rings is 1. The first-order valence-corrected chi connectivity index (χ1v) is 9.16. The van der Waals surface area contributed by atoms with E-state index in [9.17, 15) is 14.4 Å². The van der Waals surface area contributed by atoms with Gasteiger partial charge in [-0.2, -0.15) is 0 Å². The highest BCUT2D eigenvalue weighted by atomic mass is 16.2. The molecular formula is C20H26N2O3. The minimum absolute atomic E-state index is 0.00133. The summed E-state index contributed by atoms with van der Waals surface area (Å²) in [5.74, 6) is -0.486. The highest BCUT2D eigenvalue weighted by molar-refractivity contribution is 5.89. The minimum atomic E-state index is -0.300. The quantitative estimate of drug-likeness (QED) is 0.771. The van der Waals surface area contributed by atoms with E-state index in [1.165, 1.54) is 0 Å². The van der Waals surface area contributed by atoms with Crippen LogP contribution >= 0.6 is 0 Å². The first kappa shape index (κ1) is 17.6. The Morgan fingerprint density at radius 1 is 1.12 bits per heavy atom. The lowest BCUT2D eigenvalue weighted by Crippen LogP contribution is -2.44. The van der Waals surface area contributed by atoms with Gasteiger partial charge in [0, 0.05) is 32.0 Å². The van der Waals surface area contributed by atoms with Crippen LogP contribution in [0.25, 0.3) is 0 Å². The molecule has 5 heteroatoms. The second-order valence-corrected chi connectivity index (χ2v) is 7.20. The van der Waals surface area contributed by atoms with E-state index in [-0.39, 0.29) is 29.7 Å². The van der Waals surface area contributed by atoms with E-state index in [1.807, 2.05) is 30.3 Å². The van der Waals surface area contributed by atoms with Gasteiger partial charge in [-0.15, -0.1) is 0 Å². The van der Waals surface area contributed by atoms with Crippen molar-refractivity contribution in [3.63, 3.8) is 0 Å². The van der Waals surface area contributed by atoms with Crippen molar-refractivity contribution < 1.29 is 14.4 Å². The highest BCUT2D eigenvalue weighted by Gasteiger charge is 2.42. The smallest absolute Gasteiger partial charge is 0.227 e. The molecule has 2 aliphatic rings. The SMILES string of the molecule is CN(Cc1ccccc1)C(=O)C1CCCC1C(=O)N1CCC[C@H]1C=O. The summed E-state index contributed by atoms with van der Waals surface area (Å²) in [5, 5.41) is 0. The van der Waals surface area contributed by atoms with Crippen LogP contribution in [0.15, 0.2) is 30.3 Å². The summed E-state index contributed by atoms with van der Waals surface area (Å²) in [7, 11) is 1.80. The molecule has 134 valence electrons. The molecule has 3 atom stereocenters. The van der Waals surface area contributed by atoms with Gasteiger partial charge in [0.2, 0.25) is 11.8 Å². The van der Waals surface area contributed by atoms with Crippen LogP contribution in [-0.4, -0.2) is 47.5 Å². The molecule has 25 heavy (non-hydrogen) atoms. The molecule has 1 heterocycles. The summed E-state index contributed by atoms with van der Waals surface area (Å²) in [6, 6.07) is 9.58. The molecule has 0 bridgehead atoms. The van der Waals surface area contributed by atoms with Crippen molar-refractivity contribution in [2.24, 2.45) is 11.8 Å². The molecule has 3 rings (SSSR count). The molecule has 1 aliphatic heterocycles. The second kappa shape index (κ2) is 7.81. The Morgan fingerprint density at radius 2 is 1.84 bits per heavy atom. The van der Waals surface area contributed by atoms with Gasteiger partial charge in [0.15, 0.2) is 0 Å². The van der Waals surface area contributed by atoms with Crippen molar-refractivity contribution >= 4 is 18.1 Å². The molecule has 0 aromatic heterocycles. The summed E-state index contributed by atoms with van der Waals surface area (Å²) in [6.07, 6.45) is 4.89. The van der Waals surface area contributed by atoms with Gasteiger partial charge in [0.25, 0.3) is 0 Å². The van der Waals surface area contributed by atoms with Gasteiger partial charge in [-0.1, -0.05) is 36.8 Å². The molecular weight excluding hydrogens is 316 g/mol. The van der Waals surface area contributed by atoms with Gasteiger partial charge in [0.05, 0.1) is 6.04 Å². The van der Waals surface area contributed by atoms with Gasteiger partial charge >= 0.3 is 0 Å². The molecule has 2 fully saturated rings. The van der Waals surface area contributed by atoms with Crippen molar-refractivity contribution in [3.05, 3.63) is 35.9 Å². The Morgan fingerprint density at radius 3 is 2.56 bits per heavy atom. The summed E-state index contributed by atoms with van der Waals surface area (Å²) >= 11 is 0. The van der Waals surface area contributed by atoms with E-state index in [2.05, 4.69) is 0 Å². The Kier molecular flexibility index (Phi) is 5.51. The van der Waals surface area contributed by atoms with Gasteiger partial charge < -0.3 is 14.6 Å². The van der Waals surface area contributed by atoms with Crippen molar-refractivity contribution in [1.82, 2.24) is 9.80 Å². The van der Waals surface area contributed by atoms with Crippen LogP contribution < -0.4 is 0 Å². The number of hydrogen-bond acceptors (Lipinski definition) is 3. The molecule has 0 radical (unpaired) electrons. The van der Waals surface area contributed by atoms with E-state index >= 15 is 0 Å². The summed E-state index contributed by atoms with van der Waals surface area (Å²) in [4.78, 5) is 40.4. The van der Waals surface area contributed by atoms with Gasteiger partial charge in [-0.25, -0.2) is 0 Å². The molecule has 5 nitrogen and oxygen atoms in total. The van der Waals surface area contributed by atoms with E-state index in [0.717, 1.165) is 44.0 Å². The number of carbonyl (C=O) groups excluding carboxylic acids is 3. The molecule has 1 saturated heterocycles. The zero-order valence-corrected chi connectivity index (χ0v) is 14.8. The number of carbonyl (C=O) groups is 3. The van der Waals surface area contributed by atoms with Crippen molar-refractivity contribution in [2.75, 3.05) is 13.6 Å². The van der Waals surface area contributed by atoms with E-state index < -0.39 is 0 Å². The maximum absolute atomic E-state index is 12.9. The number of hydrogen-bond donors (Lipinski definition) is 0. The fourth-order valence-corrected chi connectivity index (χ4v) is 4.19. The molecule has 1 aliphatic carbocycles. The van der Waals surface area contributed by atoms with Crippen LogP contribution in [0.5, 0.6) is 0 Å². The fourth-order valence-electron chi connectivity index (χ4n) is 4.19. The van der Waals surface area contributed by atoms with Crippen LogP contribution in [-0.2, 0) is 20.9 Å². The second-order valence-electron chi connectivity index (χ2n) is 7.20. The maximum atomic E-state index is 12.9. The zero-order valence-electron chi connectivity index (χ0n) is 14.8. The topological polar surface area (TPSA) is 57.7 Å². The average Bonchev–Trinajstić information content (AvgIpc) is 3.30. The average molecular weight is 342 g/mol. The molecule has 2 unspecified atom stereocenters. The zero-order chi connectivity index (χ0) is 17.8. The lowest BCUT2D eigenvalue weighted by molar-refractivity contribution is -0.145. The fraction of sp³-hybridized carbons (Fsp3) is 0.550. The molecule has 0 spiro atoms. The van der Waals surface area contributed by atoms with Gasteiger partial charge in [0.1, 0.15) is 6.29 Å². The Bertz CT molecular complexity index is 631. The maximum Gasteiger partial charge on any atom is 0.227 e. The predicted octanol–water partition coefficient (Wildman–Crippen LogP) is 2.25. The molecule has 1 saturated carbocycles. The first-order chi connectivity index (χ1) is 12.1. The van der Waals surface area contributed by atoms with Crippen LogP contribution in [0.2, 0.25) is 0 Å². The summed E-state index contributed by atoms with van der Waals surface area (Å²) < 4.78 is 0. The standard InChI is InChI=1S/C20H26N2O3/c1-21(13-15-7-3-2-4-8-15)19(24)17-10-5-11-18(17)20(25)22-12-6-9-16(22)14-23/h2-4,7-8,14,16-18H,5-6,9-13H2,1H3/t16-,17?,18?/m0/s1. The summed E-state index contributed by atoms with van der Waals surface area (Å²) in [6.45, 7) is 1.19. The molecule has 1 aromatic carbocycles. The predicted molar refractivity (Wildman–Crippen MR) is 94.5 cm³/mol. The third-order valence-electron chi connectivity index (χ3n) is 5.53. The van der Waals surface area contributed by atoms with Crippen molar-refractivity contribution in [3.8, 4) is 0 Å². The largest absolute Gasteiger partial charge is 0.341 e. The van der Waals surface area contributed by atoms with Crippen molar-refractivity contribution in [1.29, 1.82) is 0 Å². The monoisotopic (exact) mass is 342 g/mol. The van der Waals surface area contributed by atoms with Crippen LogP contribution in [0.1, 0.15) is 37.7 Å². The van der Waals surface area contributed by atoms with E-state index in [1.54, 1.807) is 16.8 Å². The Balaban J connectivity index is 1.67. The lowest BCUT2D eigenvalue weighted by atomic mass is 9.92. The number of nitrogens with zero attached hydrogens (tertiary/aromatic N) is 2. The van der Waals surface area contributed by atoms with E-state index in [4.69, 9.17) is 0 Å². The lowest BCUT2D eigenvalue weighted by Gasteiger charge is -2.29. The number of likely N-dealkylation sites (tertiary alicyclic amines) is 1. The first-order valence-electron chi connectivity index (χ1n) is 9.16. The number of rotatable bonds is 5. The third kappa shape index (κ3) is 3.75. The normalized spacial score (nSPS) is 25.8. The minimum Gasteiger partial charge on any atom is -0.341 e. The highest BCUT2D eigenvalue weighted by Crippen LogP contribution is 2.36. The van der Waals surface area contributed by atoms with E-state index in [0.29, 0.717) is 13.1 Å². The third-order valence-corrected chi connectivity index (χ3v) is 5.53. The summed E-state index contributed by atoms with van der Waals surface area (Å²) in [5.41, 5.74) is 1.08. The van der Waals surface area contributed by atoms with Crippen molar-refractivity contribution in [2.45, 2.75) is 44.7 Å². The molecule has 0 N–H and O–H groups in total. The number of aldehydes is 1.